The minimum atomic E-state index is -0.350. The van der Waals surface area contributed by atoms with Gasteiger partial charge in [0.2, 0.25) is 0 Å². The Morgan fingerprint density at radius 2 is 2.12 bits per heavy atom. The van der Waals surface area contributed by atoms with Crippen molar-refractivity contribution in [3.63, 3.8) is 0 Å². The lowest BCUT2D eigenvalue weighted by Crippen LogP contribution is -2.57. The molecule has 0 aliphatic carbocycles. The number of anilines is 1. The predicted molar refractivity (Wildman–Crippen MR) is 131 cm³/mol. The number of fused-ring (bicyclic) bond motifs is 1. The summed E-state index contributed by atoms with van der Waals surface area (Å²) in [6.07, 6.45) is 3.36. The largest absolute Gasteiger partial charge is 0.497 e. The summed E-state index contributed by atoms with van der Waals surface area (Å²) in [5, 5.41) is 13.2. The first-order valence-corrected chi connectivity index (χ1v) is 11.1. The van der Waals surface area contributed by atoms with Crippen molar-refractivity contribution in [2.24, 2.45) is 0 Å². The van der Waals surface area contributed by atoms with Gasteiger partial charge in [-0.15, -0.1) is 0 Å². The predicted octanol–water partition coefficient (Wildman–Crippen LogP) is 2.34. The molecule has 0 radical (unpaired) electrons. The number of nitrogens with one attached hydrogen (secondary N) is 1. The molecule has 1 fully saturated rings. The number of benzene rings is 1. The number of hydrogen-bond acceptors (Lipinski definition) is 7. The molecule has 0 atom stereocenters. The van der Waals surface area contributed by atoms with Gasteiger partial charge in [-0.05, 0) is 33.0 Å². The number of nitrogens with zero attached hydrogens (tertiary/aromatic N) is 5. The number of ether oxygens (including phenoxy) is 1. The van der Waals surface area contributed by atoms with Crippen molar-refractivity contribution >= 4 is 22.6 Å². The van der Waals surface area contributed by atoms with Gasteiger partial charge >= 0.3 is 0 Å². The van der Waals surface area contributed by atoms with E-state index in [-0.39, 0.29) is 17.9 Å². The van der Waals surface area contributed by atoms with Crippen LogP contribution >= 0.6 is 0 Å². The lowest BCUT2D eigenvalue weighted by Gasteiger charge is -2.41. The molecule has 0 amide bonds. The second kappa shape index (κ2) is 9.53. The summed E-state index contributed by atoms with van der Waals surface area (Å²) in [7, 11) is 3.44. The zero-order valence-electron chi connectivity index (χ0n) is 19.8. The monoisotopic (exact) mass is 460 g/mol. The Morgan fingerprint density at radius 1 is 1.35 bits per heavy atom. The summed E-state index contributed by atoms with van der Waals surface area (Å²) < 4.78 is 8.36. The van der Waals surface area contributed by atoms with E-state index in [1.807, 2.05) is 31.5 Å². The van der Waals surface area contributed by atoms with Crippen molar-refractivity contribution in [3.8, 4) is 11.8 Å². The van der Waals surface area contributed by atoms with Crippen LogP contribution < -0.4 is 20.5 Å². The maximum atomic E-state index is 13.6. The van der Waals surface area contributed by atoms with E-state index in [0.29, 0.717) is 46.3 Å². The van der Waals surface area contributed by atoms with Crippen LogP contribution in [0.2, 0.25) is 0 Å². The van der Waals surface area contributed by atoms with Gasteiger partial charge in [0.25, 0.3) is 5.56 Å². The van der Waals surface area contributed by atoms with E-state index in [9.17, 15) is 14.9 Å². The van der Waals surface area contributed by atoms with Crippen molar-refractivity contribution in [3.05, 3.63) is 63.7 Å². The molecule has 9 heteroatoms. The summed E-state index contributed by atoms with van der Waals surface area (Å²) in [6, 6.07) is 9.41. The molecule has 1 aliphatic heterocycles. The normalized spacial score (nSPS) is 13.4. The first-order chi connectivity index (χ1) is 16.4. The van der Waals surface area contributed by atoms with Crippen LogP contribution in [0.15, 0.2) is 47.0 Å². The Hall–Kier alpha value is -3.90. The molecule has 4 rings (SSSR count). The zero-order chi connectivity index (χ0) is 24.4. The van der Waals surface area contributed by atoms with Crippen molar-refractivity contribution in [1.82, 2.24) is 19.4 Å². The topological polar surface area (TPSA) is 105 Å². The van der Waals surface area contributed by atoms with Crippen LogP contribution in [0.25, 0.3) is 11.0 Å². The van der Waals surface area contributed by atoms with Gasteiger partial charge in [0.05, 0.1) is 20.0 Å². The maximum Gasteiger partial charge on any atom is 0.278 e. The van der Waals surface area contributed by atoms with Crippen LogP contribution in [-0.2, 0) is 13.1 Å². The molecule has 176 valence electrons. The van der Waals surface area contributed by atoms with Gasteiger partial charge in [-0.2, -0.15) is 5.26 Å². The van der Waals surface area contributed by atoms with Crippen LogP contribution in [0, 0.1) is 11.3 Å². The highest BCUT2D eigenvalue weighted by atomic mass is 16.5. The Balaban J connectivity index is 1.81. The van der Waals surface area contributed by atoms with Gasteiger partial charge in [0.1, 0.15) is 34.2 Å². The second-order valence-corrected chi connectivity index (χ2v) is 8.62. The van der Waals surface area contributed by atoms with Gasteiger partial charge in [0.15, 0.2) is 5.78 Å². The molecular weight excluding hydrogens is 432 g/mol. The molecule has 1 aliphatic rings. The Bertz CT molecular complexity index is 1370. The SMILES string of the molecule is CNC1CN(c2c(C#N)c3ncn(CC(=O)c4cccc(OC)c4)c(=O)c3n2CC=C(C)C)C1. The average molecular weight is 461 g/mol. The van der Waals surface area contributed by atoms with Gasteiger partial charge in [-0.25, -0.2) is 4.98 Å². The van der Waals surface area contributed by atoms with E-state index in [1.54, 1.807) is 24.3 Å². The fourth-order valence-electron chi connectivity index (χ4n) is 4.12. The first kappa shape index (κ1) is 23.3. The van der Waals surface area contributed by atoms with Crippen LogP contribution in [-0.4, -0.2) is 53.2 Å². The van der Waals surface area contributed by atoms with Gasteiger partial charge < -0.3 is 19.5 Å². The molecule has 0 saturated carbocycles. The lowest BCUT2D eigenvalue weighted by molar-refractivity contribution is 0.0970. The quantitative estimate of drug-likeness (QED) is 0.406. The summed E-state index contributed by atoms with van der Waals surface area (Å²) in [6.45, 7) is 5.71. The number of ketones is 1. The third-order valence-corrected chi connectivity index (χ3v) is 6.09. The minimum Gasteiger partial charge on any atom is -0.497 e. The van der Waals surface area contributed by atoms with Crippen LogP contribution in [0.3, 0.4) is 0 Å². The molecule has 1 saturated heterocycles. The molecule has 0 unspecified atom stereocenters. The molecule has 3 heterocycles. The van der Waals surface area contributed by atoms with E-state index in [0.717, 1.165) is 18.7 Å². The van der Waals surface area contributed by atoms with Gasteiger partial charge in [0, 0.05) is 31.2 Å². The summed E-state index contributed by atoms with van der Waals surface area (Å²) >= 11 is 0. The molecule has 1 aromatic carbocycles. The number of aromatic nitrogens is 3. The molecule has 1 N–H and O–H groups in total. The number of hydrogen-bond donors (Lipinski definition) is 1. The number of allylic oxidation sites excluding steroid dienone is 2. The van der Waals surface area contributed by atoms with E-state index < -0.39 is 0 Å². The van der Waals surface area contributed by atoms with E-state index >= 15 is 0 Å². The van der Waals surface area contributed by atoms with Crippen molar-refractivity contribution in [1.29, 1.82) is 5.26 Å². The molecule has 2 aromatic heterocycles. The molecule has 3 aromatic rings. The Morgan fingerprint density at radius 3 is 2.76 bits per heavy atom. The second-order valence-electron chi connectivity index (χ2n) is 8.62. The number of nitriles is 1. The minimum absolute atomic E-state index is 0.161. The smallest absolute Gasteiger partial charge is 0.278 e. The highest BCUT2D eigenvalue weighted by molar-refractivity contribution is 5.96. The third-order valence-electron chi connectivity index (χ3n) is 6.09. The third kappa shape index (κ3) is 4.20. The number of methoxy groups -OCH3 is 1. The number of Topliss-reactive ketones (excluding diaryl/α,β-unsaturated/α-hetero) is 1. The van der Waals surface area contributed by atoms with Gasteiger partial charge in [-0.1, -0.05) is 23.8 Å². The summed E-state index contributed by atoms with van der Waals surface area (Å²) in [5.74, 6) is 1.04. The molecule has 9 nitrogen and oxygen atoms in total. The number of carbonyl (C=O) groups excluding carboxylic acids is 1. The fourth-order valence-corrected chi connectivity index (χ4v) is 4.12. The number of rotatable bonds is 8. The fraction of sp³-hybridized carbons (Fsp3) is 0.360. The standard InChI is InChI=1S/C25H28N6O3/c1-16(2)8-9-31-23-22(20(11-26)24(31)29-12-18(13-29)27-3)28-15-30(25(23)33)14-21(32)17-6-5-7-19(10-17)34-4/h5-8,10,15,18,27H,9,12-14H2,1-4H3. The molecule has 0 spiro atoms. The number of likely N-dealkylation sites (N-methyl/N-ethyl adjacent to an activating group) is 1. The zero-order valence-corrected chi connectivity index (χ0v) is 19.8. The maximum absolute atomic E-state index is 13.6. The van der Waals surface area contributed by atoms with Gasteiger partial charge in [-0.3, -0.25) is 14.2 Å². The molecule has 0 bridgehead atoms. The summed E-state index contributed by atoms with van der Waals surface area (Å²) in [5.41, 5.74) is 2.27. The first-order valence-electron chi connectivity index (χ1n) is 11.1. The highest BCUT2D eigenvalue weighted by Crippen LogP contribution is 2.32. The molecule has 34 heavy (non-hydrogen) atoms. The lowest BCUT2D eigenvalue weighted by atomic mass is 10.1. The Kier molecular flexibility index (Phi) is 6.52. The highest BCUT2D eigenvalue weighted by Gasteiger charge is 2.33. The van der Waals surface area contributed by atoms with E-state index in [2.05, 4.69) is 21.3 Å². The average Bonchev–Trinajstić information content (AvgIpc) is 3.12. The van der Waals surface area contributed by atoms with Crippen LogP contribution in [0.4, 0.5) is 5.82 Å². The van der Waals surface area contributed by atoms with E-state index in [4.69, 9.17) is 4.74 Å². The molecular formula is C25H28N6O3. The van der Waals surface area contributed by atoms with Crippen LogP contribution in [0.5, 0.6) is 5.75 Å². The van der Waals surface area contributed by atoms with Crippen molar-refractivity contribution in [2.45, 2.75) is 33.0 Å². The van der Waals surface area contributed by atoms with E-state index in [1.165, 1.54) is 18.0 Å². The Labute approximate surface area is 197 Å². The van der Waals surface area contributed by atoms with Crippen LogP contribution in [0.1, 0.15) is 29.8 Å². The number of carbonyl (C=O) groups is 1. The van der Waals surface area contributed by atoms with Crippen molar-refractivity contribution in [2.75, 3.05) is 32.1 Å². The van der Waals surface area contributed by atoms with Crippen molar-refractivity contribution < 1.29 is 9.53 Å². The summed E-state index contributed by atoms with van der Waals surface area (Å²) in [4.78, 5) is 33.0.